The second-order valence-corrected chi connectivity index (χ2v) is 8.45. The van der Waals surface area contributed by atoms with Gasteiger partial charge in [-0.05, 0) is 42.8 Å². The van der Waals surface area contributed by atoms with Gasteiger partial charge >= 0.3 is 0 Å². The maximum Gasteiger partial charge on any atom is 0.141 e. The van der Waals surface area contributed by atoms with Crippen LogP contribution in [-0.2, 0) is 18.9 Å². The number of nitrogens with one attached hydrogen (secondary N) is 1. The Balaban J connectivity index is 1.22. The van der Waals surface area contributed by atoms with Crippen LogP contribution in [-0.4, -0.2) is 85.8 Å². The van der Waals surface area contributed by atoms with Crippen LogP contribution >= 0.6 is 0 Å². The Morgan fingerprint density at radius 3 is 2.55 bits per heavy atom. The molecule has 0 amide bonds. The summed E-state index contributed by atoms with van der Waals surface area (Å²) < 4.78 is 36.7. The van der Waals surface area contributed by atoms with Crippen molar-refractivity contribution in [1.29, 1.82) is 0 Å². The van der Waals surface area contributed by atoms with Gasteiger partial charge < -0.3 is 24.3 Å². The zero-order valence-electron chi connectivity index (χ0n) is 18.7. The van der Waals surface area contributed by atoms with Crippen LogP contribution in [0.1, 0.15) is 6.42 Å². The molecule has 2 aliphatic heterocycles. The van der Waals surface area contributed by atoms with Gasteiger partial charge in [0.25, 0.3) is 0 Å². The highest BCUT2D eigenvalue weighted by Gasteiger charge is 2.36. The molecule has 9 heteroatoms. The Hall–Kier alpha value is -2.43. The quantitative estimate of drug-likeness (QED) is 0.586. The van der Waals surface area contributed by atoms with Crippen molar-refractivity contribution in [2.75, 3.05) is 51.9 Å². The number of hydrogen-bond acceptors (Lipinski definition) is 8. The van der Waals surface area contributed by atoms with E-state index in [-0.39, 0.29) is 30.2 Å². The van der Waals surface area contributed by atoms with Gasteiger partial charge in [0.1, 0.15) is 30.2 Å². The topological polar surface area (TPSA) is 78.0 Å². The molecule has 3 heterocycles. The minimum absolute atomic E-state index is 0.197. The molecular formula is C24H29FN4O4. The third-order valence-corrected chi connectivity index (χ3v) is 6.24. The van der Waals surface area contributed by atoms with Crippen LogP contribution in [0.3, 0.4) is 0 Å². The summed E-state index contributed by atoms with van der Waals surface area (Å²) in [5, 5.41) is 4.87. The van der Waals surface area contributed by atoms with Crippen molar-refractivity contribution in [3.63, 3.8) is 0 Å². The van der Waals surface area contributed by atoms with E-state index >= 15 is 0 Å². The van der Waals surface area contributed by atoms with E-state index in [0.717, 1.165) is 42.3 Å². The minimum atomic E-state index is -0.283. The van der Waals surface area contributed by atoms with Crippen molar-refractivity contribution < 1.29 is 23.3 Å². The van der Waals surface area contributed by atoms with Crippen molar-refractivity contribution in [3.8, 4) is 0 Å². The summed E-state index contributed by atoms with van der Waals surface area (Å²) in [6.07, 6.45) is 6.27. The normalized spacial score (nSPS) is 26.7. The number of hydrogen-bond donors (Lipinski definition) is 1. The highest BCUT2D eigenvalue weighted by atomic mass is 19.1. The lowest BCUT2D eigenvalue weighted by atomic mass is 10.1. The van der Waals surface area contributed by atoms with E-state index in [1.807, 2.05) is 12.2 Å². The van der Waals surface area contributed by atoms with Crippen molar-refractivity contribution in [2.24, 2.45) is 0 Å². The summed E-state index contributed by atoms with van der Waals surface area (Å²) in [6.45, 7) is 4.74. The van der Waals surface area contributed by atoms with Gasteiger partial charge in [0.15, 0.2) is 0 Å². The highest BCUT2D eigenvalue weighted by Crippen LogP contribution is 2.20. The lowest BCUT2D eigenvalue weighted by Gasteiger charge is -2.24. The number of aromatic nitrogens is 2. The van der Waals surface area contributed by atoms with E-state index < -0.39 is 0 Å². The zero-order valence-corrected chi connectivity index (χ0v) is 18.7. The molecule has 8 nitrogen and oxygen atoms in total. The number of methoxy groups -OCH3 is 1. The van der Waals surface area contributed by atoms with E-state index in [1.165, 1.54) is 18.5 Å². The Bertz CT molecular complexity index is 1050. The summed E-state index contributed by atoms with van der Waals surface area (Å²) in [5.41, 5.74) is 0.746. The Kier molecular flexibility index (Phi) is 6.93. The number of fused-ring (bicyclic) bond motifs is 2. The molecule has 4 unspecified atom stereocenters. The van der Waals surface area contributed by atoms with E-state index in [2.05, 4.69) is 20.2 Å². The summed E-state index contributed by atoms with van der Waals surface area (Å²) in [5.74, 6) is 0.361. The van der Waals surface area contributed by atoms with Crippen molar-refractivity contribution in [1.82, 2.24) is 14.9 Å². The summed E-state index contributed by atoms with van der Waals surface area (Å²) in [4.78, 5) is 11.2. The van der Waals surface area contributed by atoms with Crippen LogP contribution in [0.4, 0.5) is 15.9 Å². The molecule has 0 spiro atoms. The number of likely N-dealkylation sites (tertiary alicyclic amines) is 1. The first-order valence-electron chi connectivity index (χ1n) is 11.4. The molecule has 0 radical (unpaired) electrons. The summed E-state index contributed by atoms with van der Waals surface area (Å²) >= 11 is 0. The van der Waals surface area contributed by atoms with Gasteiger partial charge in [0.2, 0.25) is 0 Å². The number of ether oxygens (including phenoxy) is 4. The molecule has 0 saturated carbocycles. The van der Waals surface area contributed by atoms with Crippen LogP contribution in [0, 0.1) is 5.82 Å². The number of benzene rings is 1. The van der Waals surface area contributed by atoms with Gasteiger partial charge in [-0.25, -0.2) is 14.4 Å². The first-order valence-corrected chi connectivity index (χ1v) is 11.4. The highest BCUT2D eigenvalue weighted by molar-refractivity contribution is 5.60. The standard InChI is InChI=1S/C24H29FN4O4/c1-30-20-12-19-18(24(27-15-26-19)28-17-5-3-16(25)4-6-17)11-21(20)31-8-2-7-29-13-22-23(14-29)33-10-9-32-22/h3-6,11-12,15,20-23H,2,7-10,13-14H2,1H3,(H,26,27,28). The molecule has 1 aliphatic carbocycles. The van der Waals surface area contributed by atoms with Gasteiger partial charge in [-0.1, -0.05) is 0 Å². The second kappa shape index (κ2) is 10.2. The smallest absolute Gasteiger partial charge is 0.141 e. The van der Waals surface area contributed by atoms with E-state index in [9.17, 15) is 4.39 Å². The first-order chi connectivity index (χ1) is 16.2. The van der Waals surface area contributed by atoms with E-state index in [0.29, 0.717) is 25.6 Å². The van der Waals surface area contributed by atoms with Gasteiger partial charge in [-0.15, -0.1) is 0 Å². The van der Waals surface area contributed by atoms with E-state index in [4.69, 9.17) is 18.9 Å². The summed E-state index contributed by atoms with van der Waals surface area (Å²) in [7, 11) is 1.67. The third-order valence-electron chi connectivity index (χ3n) is 6.24. The molecule has 33 heavy (non-hydrogen) atoms. The minimum Gasteiger partial charge on any atom is -0.374 e. The molecule has 4 atom stereocenters. The van der Waals surface area contributed by atoms with Crippen LogP contribution < -0.4 is 15.9 Å². The fraction of sp³-hybridized carbons (Fsp3) is 0.500. The molecule has 1 aromatic heterocycles. The monoisotopic (exact) mass is 456 g/mol. The molecular weight excluding hydrogens is 427 g/mol. The second-order valence-electron chi connectivity index (χ2n) is 8.45. The zero-order chi connectivity index (χ0) is 22.6. The van der Waals surface area contributed by atoms with Crippen LogP contribution in [0.2, 0.25) is 0 Å². The number of rotatable bonds is 8. The molecule has 5 rings (SSSR count). The maximum atomic E-state index is 13.2. The van der Waals surface area contributed by atoms with Gasteiger partial charge in [-0.3, -0.25) is 4.90 Å². The average Bonchev–Trinajstić information content (AvgIpc) is 3.26. The van der Waals surface area contributed by atoms with Crippen molar-refractivity contribution >= 4 is 23.7 Å². The molecule has 2 saturated heterocycles. The SMILES string of the molecule is COC1C=c2ncnc(Nc3ccc(F)cc3)c2=CC1OCCCN1CC2OCCOC2C1. The maximum absolute atomic E-state index is 13.2. The summed E-state index contributed by atoms with van der Waals surface area (Å²) in [6, 6.07) is 6.16. The Labute approximate surface area is 192 Å². The first kappa shape index (κ1) is 22.4. The molecule has 176 valence electrons. The molecule has 2 aromatic rings. The largest absolute Gasteiger partial charge is 0.374 e. The molecule has 0 bridgehead atoms. The van der Waals surface area contributed by atoms with Crippen LogP contribution in [0.25, 0.3) is 12.2 Å². The van der Waals surface area contributed by atoms with Crippen LogP contribution in [0.15, 0.2) is 30.6 Å². The Morgan fingerprint density at radius 2 is 1.82 bits per heavy atom. The third kappa shape index (κ3) is 5.23. The molecule has 2 fully saturated rings. The molecule has 1 N–H and O–H groups in total. The fourth-order valence-corrected chi connectivity index (χ4v) is 4.56. The average molecular weight is 457 g/mol. The van der Waals surface area contributed by atoms with Gasteiger partial charge in [0.05, 0.1) is 30.8 Å². The Morgan fingerprint density at radius 1 is 1.06 bits per heavy atom. The number of halogens is 1. The number of anilines is 2. The lowest BCUT2D eigenvalue weighted by molar-refractivity contribution is -0.116. The van der Waals surface area contributed by atoms with Gasteiger partial charge in [-0.2, -0.15) is 0 Å². The predicted octanol–water partition coefficient (Wildman–Crippen LogP) is 0.824. The van der Waals surface area contributed by atoms with Crippen LogP contribution in [0.5, 0.6) is 0 Å². The predicted molar refractivity (Wildman–Crippen MR) is 121 cm³/mol. The fourth-order valence-electron chi connectivity index (χ4n) is 4.56. The van der Waals surface area contributed by atoms with Crippen molar-refractivity contribution in [3.05, 3.63) is 47.0 Å². The molecule has 1 aromatic carbocycles. The number of nitrogens with zero attached hydrogens (tertiary/aromatic N) is 3. The van der Waals surface area contributed by atoms with Gasteiger partial charge in [0, 0.05) is 44.3 Å². The lowest BCUT2D eigenvalue weighted by Crippen LogP contribution is -2.43. The van der Waals surface area contributed by atoms with E-state index in [1.54, 1.807) is 19.2 Å². The molecule has 3 aliphatic rings. The van der Waals surface area contributed by atoms with Crippen molar-refractivity contribution in [2.45, 2.75) is 30.8 Å².